The number of carbonyl (C=O) groups is 1. The molecule has 0 bridgehead atoms. The van der Waals surface area contributed by atoms with Crippen molar-refractivity contribution in [2.24, 2.45) is 0 Å². The van der Waals surface area contributed by atoms with Crippen LogP contribution in [-0.4, -0.2) is 44.1 Å². The summed E-state index contributed by atoms with van der Waals surface area (Å²) in [6.45, 7) is 0.395. The monoisotopic (exact) mass is 349 g/mol. The van der Waals surface area contributed by atoms with Crippen LogP contribution in [-0.2, 0) is 6.54 Å². The van der Waals surface area contributed by atoms with Crippen molar-refractivity contribution in [2.45, 2.75) is 6.54 Å². The van der Waals surface area contributed by atoms with E-state index in [4.69, 9.17) is 0 Å². The number of carbonyl (C=O) groups excluding carboxylic acids is 1. The summed E-state index contributed by atoms with van der Waals surface area (Å²) in [6.07, 6.45) is 1.74. The Balaban J connectivity index is 1.87. The van der Waals surface area contributed by atoms with Crippen molar-refractivity contribution in [2.75, 3.05) is 38.0 Å². The maximum absolute atomic E-state index is 12.7. The number of nitrogens with one attached hydrogen (secondary N) is 1. The third-order valence-corrected chi connectivity index (χ3v) is 4.14. The van der Waals surface area contributed by atoms with E-state index in [1.54, 1.807) is 6.20 Å². The van der Waals surface area contributed by atoms with E-state index in [1.807, 2.05) is 80.5 Å². The summed E-state index contributed by atoms with van der Waals surface area (Å²) in [7, 11) is 7.79. The molecule has 6 heteroatoms. The van der Waals surface area contributed by atoms with Gasteiger partial charge >= 0.3 is 0 Å². The van der Waals surface area contributed by atoms with Crippen LogP contribution in [0.1, 0.15) is 16.1 Å². The number of nitrogens with zero attached hydrogens (tertiary/aromatic N) is 4. The van der Waals surface area contributed by atoms with Crippen LogP contribution >= 0.6 is 0 Å². The molecule has 0 aliphatic carbocycles. The predicted octanol–water partition coefficient (Wildman–Crippen LogP) is 2.69. The Kier molecular flexibility index (Phi) is 5.02. The van der Waals surface area contributed by atoms with Crippen molar-refractivity contribution >= 4 is 28.3 Å². The zero-order chi connectivity index (χ0) is 18.7. The molecular weight excluding hydrogens is 326 g/mol. The summed E-state index contributed by atoms with van der Waals surface area (Å²) in [4.78, 5) is 25.5. The highest BCUT2D eigenvalue weighted by Gasteiger charge is 2.14. The van der Waals surface area contributed by atoms with Crippen LogP contribution in [0.15, 0.2) is 48.7 Å². The van der Waals surface area contributed by atoms with Crippen LogP contribution in [0.5, 0.6) is 0 Å². The van der Waals surface area contributed by atoms with Gasteiger partial charge in [-0.15, -0.1) is 0 Å². The fourth-order valence-corrected chi connectivity index (χ4v) is 2.88. The average molecular weight is 349 g/mol. The molecule has 0 aliphatic heterocycles. The lowest BCUT2D eigenvalue weighted by atomic mass is 10.1. The summed E-state index contributed by atoms with van der Waals surface area (Å²) < 4.78 is 0. The minimum absolute atomic E-state index is 0.201. The highest BCUT2D eigenvalue weighted by atomic mass is 16.1. The lowest BCUT2D eigenvalue weighted by molar-refractivity contribution is 0.0946. The van der Waals surface area contributed by atoms with E-state index in [9.17, 15) is 4.79 Å². The standard InChI is InChI=1S/C20H23N5O/c1-24(2)18-12-17(23-16-10-6-5-9-15(16)18)20(26)22-13-14-8-7-11-21-19(14)25(3)4/h5-12H,13H2,1-4H3,(H,22,26). The Hall–Kier alpha value is -3.15. The zero-order valence-corrected chi connectivity index (χ0v) is 15.5. The topological polar surface area (TPSA) is 61.4 Å². The molecule has 0 atom stereocenters. The normalized spacial score (nSPS) is 10.6. The minimum atomic E-state index is -0.201. The van der Waals surface area contributed by atoms with E-state index < -0.39 is 0 Å². The summed E-state index contributed by atoms with van der Waals surface area (Å²) in [5.74, 6) is 0.640. The van der Waals surface area contributed by atoms with Crippen LogP contribution in [0.3, 0.4) is 0 Å². The van der Waals surface area contributed by atoms with Crippen LogP contribution < -0.4 is 15.1 Å². The van der Waals surface area contributed by atoms with Gasteiger partial charge in [0.2, 0.25) is 0 Å². The molecule has 0 unspecified atom stereocenters. The summed E-state index contributed by atoms with van der Waals surface area (Å²) in [5.41, 5.74) is 3.14. The van der Waals surface area contributed by atoms with Gasteiger partial charge in [-0.3, -0.25) is 4.79 Å². The van der Waals surface area contributed by atoms with Crippen molar-refractivity contribution in [3.63, 3.8) is 0 Å². The Bertz CT molecular complexity index is 936. The molecule has 0 radical (unpaired) electrons. The molecule has 2 heterocycles. The van der Waals surface area contributed by atoms with Gasteiger partial charge in [0.25, 0.3) is 5.91 Å². The third kappa shape index (κ3) is 3.59. The second-order valence-electron chi connectivity index (χ2n) is 6.50. The molecule has 0 saturated heterocycles. The first-order valence-electron chi connectivity index (χ1n) is 8.44. The van der Waals surface area contributed by atoms with Crippen molar-refractivity contribution < 1.29 is 4.79 Å². The van der Waals surface area contributed by atoms with Gasteiger partial charge in [0.15, 0.2) is 0 Å². The Morgan fingerprint density at radius 3 is 2.54 bits per heavy atom. The number of amides is 1. The van der Waals surface area contributed by atoms with Gasteiger partial charge in [-0.2, -0.15) is 0 Å². The molecule has 1 amide bonds. The number of hydrogen-bond donors (Lipinski definition) is 1. The van der Waals surface area contributed by atoms with Gasteiger partial charge in [-0.05, 0) is 18.2 Å². The quantitative estimate of drug-likeness (QED) is 0.767. The third-order valence-electron chi connectivity index (χ3n) is 4.14. The van der Waals surface area contributed by atoms with Gasteiger partial charge in [0.1, 0.15) is 11.5 Å². The average Bonchev–Trinajstić information content (AvgIpc) is 2.65. The number of aromatic nitrogens is 2. The SMILES string of the molecule is CN(C)c1ncccc1CNC(=O)c1cc(N(C)C)c2ccccc2n1. The number of para-hydroxylation sites is 1. The van der Waals surface area contributed by atoms with E-state index in [1.165, 1.54) is 0 Å². The van der Waals surface area contributed by atoms with Gasteiger partial charge in [-0.25, -0.2) is 9.97 Å². The fourth-order valence-electron chi connectivity index (χ4n) is 2.88. The molecule has 0 fully saturated rings. The molecule has 26 heavy (non-hydrogen) atoms. The maximum Gasteiger partial charge on any atom is 0.270 e. The zero-order valence-electron chi connectivity index (χ0n) is 15.5. The number of benzene rings is 1. The van der Waals surface area contributed by atoms with Crippen LogP contribution in [0.2, 0.25) is 0 Å². The van der Waals surface area contributed by atoms with E-state index in [0.717, 1.165) is 28.0 Å². The van der Waals surface area contributed by atoms with Crippen molar-refractivity contribution in [3.05, 3.63) is 59.9 Å². The summed E-state index contributed by atoms with van der Waals surface area (Å²) in [6, 6.07) is 13.5. The van der Waals surface area contributed by atoms with Gasteiger partial charge in [0, 0.05) is 57.6 Å². The molecule has 2 aromatic heterocycles. The van der Waals surface area contributed by atoms with Crippen molar-refractivity contribution in [1.82, 2.24) is 15.3 Å². The van der Waals surface area contributed by atoms with Crippen molar-refractivity contribution in [3.8, 4) is 0 Å². The molecule has 0 spiro atoms. The van der Waals surface area contributed by atoms with Gasteiger partial charge in [-0.1, -0.05) is 24.3 Å². The maximum atomic E-state index is 12.7. The molecule has 0 saturated carbocycles. The van der Waals surface area contributed by atoms with E-state index in [-0.39, 0.29) is 5.91 Å². The molecule has 3 rings (SSSR count). The highest BCUT2D eigenvalue weighted by Crippen LogP contribution is 2.25. The van der Waals surface area contributed by atoms with E-state index in [0.29, 0.717) is 12.2 Å². The highest BCUT2D eigenvalue weighted by molar-refractivity contribution is 5.99. The molecule has 3 aromatic rings. The van der Waals surface area contributed by atoms with Crippen LogP contribution in [0.25, 0.3) is 10.9 Å². The second kappa shape index (κ2) is 7.39. The Labute approximate surface area is 153 Å². The van der Waals surface area contributed by atoms with Gasteiger partial charge < -0.3 is 15.1 Å². The van der Waals surface area contributed by atoms with Crippen molar-refractivity contribution in [1.29, 1.82) is 0 Å². The van der Waals surface area contributed by atoms with E-state index >= 15 is 0 Å². The molecule has 1 N–H and O–H groups in total. The molecule has 134 valence electrons. The summed E-state index contributed by atoms with van der Waals surface area (Å²) in [5, 5.41) is 3.98. The molecule has 1 aromatic carbocycles. The molecular formula is C20H23N5O. The molecule has 0 aliphatic rings. The Morgan fingerprint density at radius 2 is 1.81 bits per heavy atom. The van der Waals surface area contributed by atoms with E-state index in [2.05, 4.69) is 15.3 Å². The first kappa shape index (κ1) is 17.7. The lowest BCUT2D eigenvalue weighted by Crippen LogP contribution is -2.26. The predicted molar refractivity (Wildman–Crippen MR) is 106 cm³/mol. The lowest BCUT2D eigenvalue weighted by Gasteiger charge is -2.17. The second-order valence-corrected chi connectivity index (χ2v) is 6.50. The number of hydrogen-bond acceptors (Lipinski definition) is 5. The first-order valence-corrected chi connectivity index (χ1v) is 8.44. The minimum Gasteiger partial charge on any atom is -0.377 e. The fraction of sp³-hybridized carbons (Fsp3) is 0.250. The first-order chi connectivity index (χ1) is 12.5. The smallest absolute Gasteiger partial charge is 0.270 e. The largest absolute Gasteiger partial charge is 0.377 e. The number of rotatable bonds is 5. The number of anilines is 2. The number of fused-ring (bicyclic) bond motifs is 1. The van der Waals surface area contributed by atoms with Crippen LogP contribution in [0, 0.1) is 0 Å². The van der Waals surface area contributed by atoms with Crippen LogP contribution in [0.4, 0.5) is 11.5 Å². The molecule has 6 nitrogen and oxygen atoms in total. The summed E-state index contributed by atoms with van der Waals surface area (Å²) >= 11 is 0. The number of pyridine rings is 2. The van der Waals surface area contributed by atoms with Gasteiger partial charge in [0.05, 0.1) is 5.52 Å². The Morgan fingerprint density at radius 1 is 1.04 bits per heavy atom.